The molecule has 1 heterocycles. The minimum Gasteiger partial charge on any atom is -0.327 e. The quantitative estimate of drug-likeness (QED) is 0.477. The Hall–Kier alpha value is -3.02. The van der Waals surface area contributed by atoms with Crippen LogP contribution in [0.5, 0.6) is 0 Å². The number of benzene rings is 2. The molecule has 0 aromatic heterocycles. The summed E-state index contributed by atoms with van der Waals surface area (Å²) < 4.78 is 0. The van der Waals surface area contributed by atoms with Gasteiger partial charge < -0.3 is 10.2 Å². The molecule has 1 amide bonds. The zero-order chi connectivity index (χ0) is 18.8. The Kier molecular flexibility index (Phi) is 4.84. The summed E-state index contributed by atoms with van der Waals surface area (Å²) in [6.07, 6.45) is -0.686. The van der Waals surface area contributed by atoms with Gasteiger partial charge in [0.25, 0.3) is 11.6 Å². The van der Waals surface area contributed by atoms with Crippen LogP contribution >= 0.6 is 24.2 Å². The van der Waals surface area contributed by atoms with Gasteiger partial charge in [0.2, 0.25) is 0 Å². The van der Waals surface area contributed by atoms with E-state index in [1.807, 2.05) is 6.07 Å². The lowest BCUT2D eigenvalue weighted by molar-refractivity contribution is -0.384. The van der Waals surface area contributed by atoms with Crippen molar-refractivity contribution in [3.63, 3.8) is 0 Å². The molecular weight excluding hydrogens is 376 g/mol. The highest BCUT2D eigenvalue weighted by molar-refractivity contribution is 7.84. The van der Waals surface area contributed by atoms with E-state index in [4.69, 9.17) is 11.6 Å². The van der Waals surface area contributed by atoms with E-state index in [1.165, 1.54) is 12.1 Å². The summed E-state index contributed by atoms with van der Waals surface area (Å²) in [5.74, 6) is -0.564. The number of nitrogens with one attached hydrogen (secondary N) is 1. The van der Waals surface area contributed by atoms with Crippen LogP contribution < -0.4 is 10.2 Å². The Morgan fingerprint density at radius 2 is 1.81 bits per heavy atom. The average Bonchev–Trinajstić information content (AvgIpc) is 2.63. The standard InChI is InChI=1S/C17H11ClN4O3S/c18-11-3-7-12(8-4-11)21-15(20-16(23)14(9-19)17(21)26)10-1-5-13(6-2-10)22(24)25/h1-8,15,26H,(H,20,23). The van der Waals surface area contributed by atoms with Crippen LogP contribution in [0.25, 0.3) is 0 Å². The van der Waals surface area contributed by atoms with Crippen molar-refractivity contribution in [1.29, 1.82) is 5.26 Å². The Bertz CT molecular complexity index is 951. The smallest absolute Gasteiger partial charge is 0.269 e. The van der Waals surface area contributed by atoms with Crippen LogP contribution in [0, 0.1) is 21.4 Å². The average molecular weight is 387 g/mol. The number of carbonyl (C=O) groups excluding carboxylic acids is 1. The van der Waals surface area contributed by atoms with Crippen molar-refractivity contribution >= 4 is 41.5 Å². The zero-order valence-corrected chi connectivity index (χ0v) is 14.7. The molecule has 26 heavy (non-hydrogen) atoms. The summed E-state index contributed by atoms with van der Waals surface area (Å²) in [5.41, 5.74) is 1.06. The number of hydrogen-bond donors (Lipinski definition) is 2. The summed E-state index contributed by atoms with van der Waals surface area (Å²) in [6.45, 7) is 0. The fraction of sp³-hybridized carbons (Fsp3) is 0.0588. The number of nitro groups is 1. The molecule has 1 aliphatic heterocycles. The first-order valence-electron chi connectivity index (χ1n) is 7.35. The number of amides is 1. The molecule has 0 saturated heterocycles. The van der Waals surface area contributed by atoms with Gasteiger partial charge in [0, 0.05) is 22.8 Å². The third kappa shape index (κ3) is 3.22. The predicted octanol–water partition coefficient (Wildman–Crippen LogP) is 3.55. The van der Waals surface area contributed by atoms with Crippen LogP contribution in [0.4, 0.5) is 11.4 Å². The van der Waals surface area contributed by atoms with Crippen molar-refractivity contribution in [3.8, 4) is 6.07 Å². The summed E-state index contributed by atoms with van der Waals surface area (Å²) >= 11 is 10.3. The minimum atomic E-state index is -0.686. The van der Waals surface area contributed by atoms with Crippen molar-refractivity contribution in [3.05, 3.63) is 79.8 Å². The Labute approximate surface area is 159 Å². The number of nitriles is 1. The molecule has 3 rings (SSSR count). The molecule has 0 radical (unpaired) electrons. The largest absolute Gasteiger partial charge is 0.327 e. The normalized spacial score (nSPS) is 16.9. The van der Waals surface area contributed by atoms with E-state index in [1.54, 1.807) is 41.3 Å². The van der Waals surface area contributed by atoms with Crippen molar-refractivity contribution in [2.45, 2.75) is 6.17 Å². The number of thiol groups is 1. The van der Waals surface area contributed by atoms with Crippen LogP contribution in [0.3, 0.4) is 0 Å². The molecule has 7 nitrogen and oxygen atoms in total. The van der Waals surface area contributed by atoms with Gasteiger partial charge in [-0.15, -0.1) is 12.6 Å². The van der Waals surface area contributed by atoms with Gasteiger partial charge in [-0.05, 0) is 42.0 Å². The first-order chi connectivity index (χ1) is 12.4. The number of rotatable bonds is 3. The number of anilines is 1. The zero-order valence-electron chi connectivity index (χ0n) is 13.1. The lowest BCUT2D eigenvalue weighted by atomic mass is 10.1. The minimum absolute atomic E-state index is 0.0618. The molecule has 1 unspecified atom stereocenters. The second-order valence-electron chi connectivity index (χ2n) is 5.38. The summed E-state index contributed by atoms with van der Waals surface area (Å²) in [6, 6.07) is 14.4. The van der Waals surface area contributed by atoms with E-state index in [9.17, 15) is 20.2 Å². The number of non-ortho nitro benzene ring substituents is 1. The van der Waals surface area contributed by atoms with Gasteiger partial charge in [-0.2, -0.15) is 5.26 Å². The Balaban J connectivity index is 2.11. The molecule has 0 bridgehead atoms. The van der Waals surface area contributed by atoms with Gasteiger partial charge in [-0.25, -0.2) is 0 Å². The fourth-order valence-corrected chi connectivity index (χ4v) is 3.10. The lowest BCUT2D eigenvalue weighted by Gasteiger charge is -2.38. The van der Waals surface area contributed by atoms with Crippen molar-refractivity contribution in [2.75, 3.05) is 4.90 Å². The first-order valence-corrected chi connectivity index (χ1v) is 8.18. The molecule has 1 N–H and O–H groups in total. The monoisotopic (exact) mass is 386 g/mol. The molecule has 2 aromatic rings. The van der Waals surface area contributed by atoms with E-state index in [0.717, 1.165) is 0 Å². The van der Waals surface area contributed by atoms with Gasteiger partial charge >= 0.3 is 0 Å². The number of halogens is 1. The van der Waals surface area contributed by atoms with Gasteiger partial charge in [0.1, 0.15) is 17.8 Å². The molecule has 2 aromatic carbocycles. The highest BCUT2D eigenvalue weighted by Crippen LogP contribution is 2.36. The van der Waals surface area contributed by atoms with Gasteiger partial charge in [-0.1, -0.05) is 11.6 Å². The second kappa shape index (κ2) is 7.07. The highest BCUT2D eigenvalue weighted by Gasteiger charge is 2.34. The summed E-state index contributed by atoms with van der Waals surface area (Å²) in [5, 5.41) is 23.6. The lowest BCUT2D eigenvalue weighted by Crippen LogP contribution is -2.46. The van der Waals surface area contributed by atoms with E-state index in [-0.39, 0.29) is 16.3 Å². The van der Waals surface area contributed by atoms with Crippen molar-refractivity contribution < 1.29 is 9.72 Å². The topological polar surface area (TPSA) is 99.3 Å². The van der Waals surface area contributed by atoms with Crippen LogP contribution in [-0.4, -0.2) is 10.8 Å². The molecular formula is C17H11ClN4O3S. The van der Waals surface area contributed by atoms with Crippen molar-refractivity contribution in [1.82, 2.24) is 5.32 Å². The highest BCUT2D eigenvalue weighted by atomic mass is 35.5. The van der Waals surface area contributed by atoms with Gasteiger partial charge in [0.15, 0.2) is 0 Å². The van der Waals surface area contributed by atoms with Crippen LogP contribution in [0.15, 0.2) is 59.1 Å². The molecule has 130 valence electrons. The molecule has 1 aliphatic rings. The number of nitro benzene ring substituents is 1. The molecule has 1 atom stereocenters. The van der Waals surface area contributed by atoms with Crippen LogP contribution in [0.1, 0.15) is 11.7 Å². The van der Waals surface area contributed by atoms with Crippen molar-refractivity contribution in [2.24, 2.45) is 0 Å². The van der Waals surface area contributed by atoms with E-state index >= 15 is 0 Å². The van der Waals surface area contributed by atoms with E-state index < -0.39 is 17.0 Å². The van der Waals surface area contributed by atoms with Crippen LogP contribution in [0.2, 0.25) is 5.02 Å². The predicted molar refractivity (Wildman–Crippen MR) is 99.5 cm³/mol. The molecule has 0 fully saturated rings. The molecule has 0 aliphatic carbocycles. The summed E-state index contributed by atoms with van der Waals surface area (Å²) in [4.78, 5) is 24.2. The maximum Gasteiger partial charge on any atom is 0.269 e. The Morgan fingerprint density at radius 3 is 2.35 bits per heavy atom. The molecule has 0 saturated carbocycles. The van der Waals surface area contributed by atoms with Crippen LogP contribution in [-0.2, 0) is 4.79 Å². The summed E-state index contributed by atoms with van der Waals surface area (Å²) in [7, 11) is 0. The van der Waals surface area contributed by atoms with E-state index in [0.29, 0.717) is 16.3 Å². The maximum absolute atomic E-state index is 12.2. The second-order valence-corrected chi connectivity index (χ2v) is 6.24. The number of carbonyl (C=O) groups is 1. The molecule has 0 spiro atoms. The Morgan fingerprint density at radius 1 is 1.19 bits per heavy atom. The number of nitrogens with zero attached hydrogens (tertiary/aromatic N) is 3. The molecule has 9 heteroatoms. The third-order valence-electron chi connectivity index (χ3n) is 3.84. The first kappa shape index (κ1) is 17.8. The van der Waals surface area contributed by atoms with Gasteiger partial charge in [-0.3, -0.25) is 14.9 Å². The van der Waals surface area contributed by atoms with E-state index in [2.05, 4.69) is 17.9 Å². The van der Waals surface area contributed by atoms with Gasteiger partial charge in [0.05, 0.1) is 9.95 Å². The number of hydrogen-bond acceptors (Lipinski definition) is 6. The SMILES string of the molecule is N#CC1=C(S)N(c2ccc(Cl)cc2)C(c2ccc([N+](=O)[O-])cc2)NC1=O. The third-order valence-corrected chi connectivity index (χ3v) is 4.53. The fourth-order valence-electron chi connectivity index (χ4n) is 2.59. The maximum atomic E-state index is 12.2.